The van der Waals surface area contributed by atoms with E-state index in [0.29, 0.717) is 17.9 Å². The molecule has 5 heteroatoms. The third-order valence-corrected chi connectivity index (χ3v) is 2.49. The molecule has 0 aromatic heterocycles. The maximum Gasteiger partial charge on any atom is 0.339 e. The first-order valence-electron chi connectivity index (χ1n) is 5.70. The molecule has 0 spiro atoms. The van der Waals surface area contributed by atoms with Gasteiger partial charge in [0.15, 0.2) is 6.79 Å². The maximum absolute atomic E-state index is 11.2. The Kier molecular flexibility index (Phi) is 5.45. The van der Waals surface area contributed by atoms with E-state index in [9.17, 15) is 4.79 Å². The zero-order valence-electron chi connectivity index (χ0n) is 10.9. The molecule has 0 atom stereocenters. The van der Waals surface area contributed by atoms with Crippen molar-refractivity contribution >= 4 is 5.97 Å². The van der Waals surface area contributed by atoms with Crippen LogP contribution in [-0.2, 0) is 11.2 Å². The molecule has 1 N–H and O–H groups in total. The summed E-state index contributed by atoms with van der Waals surface area (Å²) in [6.07, 6.45) is 1.55. The van der Waals surface area contributed by atoms with Crippen LogP contribution in [0, 0.1) is 0 Å². The highest BCUT2D eigenvalue weighted by molar-refractivity contribution is 5.92. The van der Waals surface area contributed by atoms with Crippen LogP contribution in [0.15, 0.2) is 12.1 Å². The second-order valence-electron chi connectivity index (χ2n) is 3.73. The van der Waals surface area contributed by atoms with Crippen LogP contribution < -0.4 is 9.47 Å². The predicted molar refractivity (Wildman–Crippen MR) is 66.5 cm³/mol. The first kappa shape index (κ1) is 14.3. The summed E-state index contributed by atoms with van der Waals surface area (Å²) in [6.45, 7) is 2.01. The molecule has 0 amide bonds. The number of hydrogen-bond acceptors (Lipinski definition) is 4. The number of rotatable bonds is 7. The summed E-state index contributed by atoms with van der Waals surface area (Å²) in [5.41, 5.74) is 0.883. The monoisotopic (exact) mass is 254 g/mol. The first-order valence-corrected chi connectivity index (χ1v) is 5.70. The summed E-state index contributed by atoms with van der Waals surface area (Å²) in [4.78, 5) is 11.2. The lowest BCUT2D eigenvalue weighted by atomic mass is 10.0. The topological polar surface area (TPSA) is 65.0 Å². The average Bonchev–Trinajstić information content (AvgIpc) is 2.36. The van der Waals surface area contributed by atoms with E-state index in [4.69, 9.17) is 19.3 Å². The Morgan fingerprint density at radius 3 is 2.56 bits per heavy atom. The summed E-state index contributed by atoms with van der Waals surface area (Å²) in [6, 6.07) is 3.12. The summed E-state index contributed by atoms with van der Waals surface area (Å²) in [5, 5.41) is 9.16. The van der Waals surface area contributed by atoms with E-state index in [1.54, 1.807) is 13.2 Å². The van der Waals surface area contributed by atoms with E-state index in [-0.39, 0.29) is 12.4 Å². The highest BCUT2D eigenvalue weighted by Gasteiger charge is 2.19. The molecule has 1 aromatic rings. The van der Waals surface area contributed by atoms with Gasteiger partial charge in [0.05, 0.1) is 7.11 Å². The highest BCUT2D eigenvalue weighted by Crippen LogP contribution is 2.33. The van der Waals surface area contributed by atoms with Gasteiger partial charge in [0.2, 0.25) is 0 Å². The molecule has 0 unspecified atom stereocenters. The standard InChI is InChI=1S/C13H18O5/c1-4-5-9-11(17-3)7-6-10(13(14)15)12(9)18-8-16-2/h6-7H,4-5,8H2,1-3H3,(H,14,15). The highest BCUT2D eigenvalue weighted by atomic mass is 16.7. The minimum Gasteiger partial charge on any atom is -0.496 e. The molecule has 0 bridgehead atoms. The SMILES string of the molecule is CCCc1c(OC)ccc(C(=O)O)c1OCOC. The van der Waals surface area contributed by atoms with Crippen LogP contribution in [0.4, 0.5) is 0 Å². The summed E-state index contributed by atoms with van der Waals surface area (Å²) < 4.78 is 15.5. The number of carboxylic acid groups (broad SMARTS) is 1. The second kappa shape index (κ2) is 6.86. The van der Waals surface area contributed by atoms with Gasteiger partial charge in [-0.15, -0.1) is 0 Å². The maximum atomic E-state index is 11.2. The molecule has 0 aliphatic rings. The van der Waals surface area contributed by atoms with E-state index < -0.39 is 5.97 Å². The van der Waals surface area contributed by atoms with Crippen molar-refractivity contribution in [2.45, 2.75) is 19.8 Å². The van der Waals surface area contributed by atoms with Gasteiger partial charge in [-0.25, -0.2) is 4.79 Å². The van der Waals surface area contributed by atoms with Gasteiger partial charge < -0.3 is 19.3 Å². The van der Waals surface area contributed by atoms with Gasteiger partial charge >= 0.3 is 5.97 Å². The lowest BCUT2D eigenvalue weighted by Gasteiger charge is -2.16. The van der Waals surface area contributed by atoms with Gasteiger partial charge in [-0.2, -0.15) is 0 Å². The number of ether oxygens (including phenoxy) is 3. The summed E-state index contributed by atoms with van der Waals surface area (Å²) in [7, 11) is 3.04. The number of aromatic carboxylic acids is 1. The Morgan fingerprint density at radius 1 is 1.33 bits per heavy atom. The van der Waals surface area contributed by atoms with Gasteiger partial charge in [0, 0.05) is 12.7 Å². The van der Waals surface area contributed by atoms with Gasteiger partial charge in [-0.3, -0.25) is 0 Å². The van der Waals surface area contributed by atoms with Crippen molar-refractivity contribution in [1.82, 2.24) is 0 Å². The molecule has 1 rings (SSSR count). The van der Waals surface area contributed by atoms with Crippen LogP contribution in [0.3, 0.4) is 0 Å². The molecule has 0 heterocycles. The molecular weight excluding hydrogens is 236 g/mol. The molecule has 0 radical (unpaired) electrons. The van der Waals surface area contributed by atoms with Gasteiger partial charge in [-0.1, -0.05) is 13.3 Å². The van der Waals surface area contributed by atoms with Crippen LogP contribution in [0.25, 0.3) is 0 Å². The molecule has 0 fully saturated rings. The molecule has 0 saturated heterocycles. The van der Waals surface area contributed by atoms with E-state index >= 15 is 0 Å². The van der Waals surface area contributed by atoms with Crippen molar-refractivity contribution in [2.75, 3.05) is 21.0 Å². The third-order valence-electron chi connectivity index (χ3n) is 2.49. The Balaban J connectivity index is 3.28. The Bertz CT molecular complexity index is 414. The fourth-order valence-electron chi connectivity index (χ4n) is 1.74. The zero-order chi connectivity index (χ0) is 13.5. The van der Waals surface area contributed by atoms with Crippen LogP contribution in [0.2, 0.25) is 0 Å². The number of methoxy groups -OCH3 is 2. The summed E-state index contributed by atoms with van der Waals surface area (Å²) >= 11 is 0. The molecule has 0 aliphatic heterocycles. The Morgan fingerprint density at radius 2 is 2.06 bits per heavy atom. The van der Waals surface area contributed by atoms with Crippen molar-refractivity contribution in [3.05, 3.63) is 23.3 Å². The smallest absolute Gasteiger partial charge is 0.339 e. The molecule has 1 aromatic carbocycles. The first-order chi connectivity index (χ1) is 8.65. The largest absolute Gasteiger partial charge is 0.496 e. The van der Waals surface area contributed by atoms with Crippen molar-refractivity contribution in [3.63, 3.8) is 0 Å². The molecule has 18 heavy (non-hydrogen) atoms. The fraction of sp³-hybridized carbons (Fsp3) is 0.462. The Labute approximate surface area is 106 Å². The molecular formula is C13H18O5. The van der Waals surface area contributed by atoms with E-state index in [2.05, 4.69) is 0 Å². The van der Waals surface area contributed by atoms with Crippen LogP contribution >= 0.6 is 0 Å². The van der Waals surface area contributed by atoms with Gasteiger partial charge in [0.25, 0.3) is 0 Å². The summed E-state index contributed by atoms with van der Waals surface area (Å²) in [5.74, 6) is -0.0698. The third kappa shape index (κ3) is 3.13. The van der Waals surface area contributed by atoms with Crippen molar-refractivity contribution < 1.29 is 24.1 Å². The predicted octanol–water partition coefficient (Wildman–Crippen LogP) is 2.33. The van der Waals surface area contributed by atoms with E-state index in [0.717, 1.165) is 12.0 Å². The van der Waals surface area contributed by atoms with Gasteiger partial charge in [-0.05, 0) is 18.6 Å². The average molecular weight is 254 g/mol. The minimum atomic E-state index is -1.03. The number of hydrogen-bond donors (Lipinski definition) is 1. The van der Waals surface area contributed by atoms with Crippen LogP contribution in [0.5, 0.6) is 11.5 Å². The normalized spacial score (nSPS) is 10.2. The van der Waals surface area contributed by atoms with Crippen molar-refractivity contribution in [1.29, 1.82) is 0 Å². The second-order valence-corrected chi connectivity index (χ2v) is 3.73. The lowest BCUT2D eigenvalue weighted by molar-refractivity contribution is 0.0475. The van der Waals surface area contributed by atoms with Crippen molar-refractivity contribution in [2.24, 2.45) is 0 Å². The van der Waals surface area contributed by atoms with E-state index in [1.807, 2.05) is 6.92 Å². The molecule has 100 valence electrons. The Hall–Kier alpha value is -1.75. The zero-order valence-corrected chi connectivity index (χ0v) is 10.9. The fourth-order valence-corrected chi connectivity index (χ4v) is 1.74. The van der Waals surface area contributed by atoms with E-state index in [1.165, 1.54) is 13.2 Å². The molecule has 5 nitrogen and oxygen atoms in total. The minimum absolute atomic E-state index is 0.00413. The van der Waals surface area contributed by atoms with Crippen molar-refractivity contribution in [3.8, 4) is 11.5 Å². The molecule has 0 aliphatic carbocycles. The number of benzene rings is 1. The lowest BCUT2D eigenvalue weighted by Crippen LogP contribution is -2.09. The van der Waals surface area contributed by atoms with Crippen LogP contribution in [-0.4, -0.2) is 32.1 Å². The number of carbonyl (C=O) groups is 1. The molecule has 0 saturated carbocycles. The quantitative estimate of drug-likeness (QED) is 0.756. The van der Waals surface area contributed by atoms with Gasteiger partial charge in [0.1, 0.15) is 17.1 Å². The van der Waals surface area contributed by atoms with Crippen LogP contribution in [0.1, 0.15) is 29.3 Å². The number of carboxylic acids is 1.